The molecule has 5 nitrogen and oxygen atoms in total. The van der Waals surface area contributed by atoms with Gasteiger partial charge in [-0.15, -0.1) is 12.4 Å². The summed E-state index contributed by atoms with van der Waals surface area (Å²) in [6.07, 6.45) is 6.77. The first-order valence-corrected chi connectivity index (χ1v) is 9.92. The van der Waals surface area contributed by atoms with E-state index in [2.05, 4.69) is 29.4 Å². The van der Waals surface area contributed by atoms with Gasteiger partial charge in [0.05, 0.1) is 19.3 Å². The molecule has 3 aliphatic rings. The number of likely N-dealkylation sites (tertiary alicyclic amines) is 1. The molecule has 2 N–H and O–H groups in total. The van der Waals surface area contributed by atoms with Crippen LogP contribution in [-0.2, 0) is 9.47 Å². The van der Waals surface area contributed by atoms with Gasteiger partial charge in [0.25, 0.3) is 0 Å². The van der Waals surface area contributed by atoms with Crippen molar-refractivity contribution in [2.24, 2.45) is 5.92 Å². The van der Waals surface area contributed by atoms with Gasteiger partial charge in [-0.05, 0) is 45.4 Å². The van der Waals surface area contributed by atoms with Crippen LogP contribution in [0.1, 0.15) is 46.0 Å². The molecule has 3 unspecified atom stereocenters. The predicted octanol–water partition coefficient (Wildman–Crippen LogP) is 2.04. The fourth-order valence-corrected chi connectivity index (χ4v) is 4.77. The lowest BCUT2D eigenvalue weighted by molar-refractivity contribution is 0.00477. The molecule has 148 valence electrons. The van der Waals surface area contributed by atoms with Crippen molar-refractivity contribution < 1.29 is 9.47 Å². The number of methoxy groups -OCH3 is 1. The minimum absolute atomic E-state index is 0. The van der Waals surface area contributed by atoms with E-state index in [1.165, 1.54) is 19.3 Å². The zero-order chi connectivity index (χ0) is 17.0. The molecular weight excluding hydrogens is 338 g/mol. The van der Waals surface area contributed by atoms with Gasteiger partial charge in [0.15, 0.2) is 0 Å². The number of morpholine rings is 1. The highest BCUT2D eigenvalue weighted by atomic mass is 35.5. The van der Waals surface area contributed by atoms with Gasteiger partial charge in [-0.1, -0.05) is 6.42 Å². The van der Waals surface area contributed by atoms with Crippen molar-refractivity contribution in [2.45, 2.75) is 69.7 Å². The van der Waals surface area contributed by atoms with Gasteiger partial charge < -0.3 is 20.1 Å². The molecule has 3 fully saturated rings. The van der Waals surface area contributed by atoms with Crippen LogP contribution in [0.25, 0.3) is 0 Å². The van der Waals surface area contributed by atoms with E-state index in [1.807, 2.05) is 7.11 Å². The average molecular weight is 376 g/mol. The molecule has 25 heavy (non-hydrogen) atoms. The third-order valence-corrected chi connectivity index (χ3v) is 6.46. The molecule has 0 spiro atoms. The largest absolute Gasteiger partial charge is 0.381 e. The maximum absolute atomic E-state index is 5.69. The number of nitrogens with zero attached hydrogens (tertiary/aromatic N) is 1. The highest BCUT2D eigenvalue weighted by Gasteiger charge is 2.36. The number of ether oxygens (including phenoxy) is 2. The highest BCUT2D eigenvalue weighted by Crippen LogP contribution is 2.30. The minimum atomic E-state index is 0. The molecule has 0 radical (unpaired) electrons. The molecule has 0 aromatic carbocycles. The van der Waals surface area contributed by atoms with Crippen LogP contribution in [-0.4, -0.2) is 75.1 Å². The predicted molar refractivity (Wildman–Crippen MR) is 105 cm³/mol. The molecule has 0 aromatic heterocycles. The van der Waals surface area contributed by atoms with E-state index in [0.29, 0.717) is 18.2 Å². The Hall–Kier alpha value is 0.0900. The fraction of sp³-hybridized carbons (Fsp3) is 1.00. The minimum Gasteiger partial charge on any atom is -0.381 e. The summed E-state index contributed by atoms with van der Waals surface area (Å²) in [6, 6.07) is 1.18. The van der Waals surface area contributed by atoms with E-state index in [0.717, 1.165) is 58.2 Å². The zero-order valence-corrected chi connectivity index (χ0v) is 17.1. The van der Waals surface area contributed by atoms with Crippen molar-refractivity contribution in [3.05, 3.63) is 0 Å². The Morgan fingerprint density at radius 1 is 1.20 bits per heavy atom. The maximum Gasteiger partial charge on any atom is 0.0623 e. The fourth-order valence-electron chi connectivity index (χ4n) is 4.77. The van der Waals surface area contributed by atoms with E-state index < -0.39 is 0 Å². The first-order valence-electron chi connectivity index (χ1n) is 9.92. The molecule has 0 aromatic rings. The SMILES string of the molecule is COC1CCN(C(C)(C)CNC2CCCC2C2COCCN2)CC1.Cl. The van der Waals surface area contributed by atoms with Gasteiger partial charge in [0.2, 0.25) is 0 Å². The van der Waals surface area contributed by atoms with Gasteiger partial charge in [-0.25, -0.2) is 0 Å². The smallest absolute Gasteiger partial charge is 0.0623 e. The standard InChI is InChI=1S/C19H37N3O2.ClH/c1-19(2,22-10-7-15(23-3)8-11-22)14-21-17-6-4-5-16(17)18-13-24-12-9-20-18;/h15-18,20-21H,4-14H2,1-3H3;1H. The third-order valence-electron chi connectivity index (χ3n) is 6.46. The number of nitrogens with one attached hydrogen (secondary N) is 2. The Morgan fingerprint density at radius 3 is 2.60 bits per heavy atom. The number of halogens is 1. The zero-order valence-electron chi connectivity index (χ0n) is 16.3. The summed E-state index contributed by atoms with van der Waals surface area (Å²) in [6.45, 7) is 10.9. The van der Waals surface area contributed by atoms with E-state index in [4.69, 9.17) is 9.47 Å². The van der Waals surface area contributed by atoms with Crippen LogP contribution in [0.15, 0.2) is 0 Å². The van der Waals surface area contributed by atoms with Crippen LogP contribution in [0.5, 0.6) is 0 Å². The molecule has 6 heteroatoms. The normalized spacial score (nSPS) is 32.5. The summed E-state index contributed by atoms with van der Waals surface area (Å²) in [5, 5.41) is 7.60. The number of piperidine rings is 1. The molecule has 2 heterocycles. The number of hydrogen-bond acceptors (Lipinski definition) is 5. The molecule has 2 saturated heterocycles. The second-order valence-electron chi connectivity index (χ2n) is 8.45. The molecular formula is C19H38ClN3O2. The Morgan fingerprint density at radius 2 is 1.96 bits per heavy atom. The summed E-state index contributed by atoms with van der Waals surface area (Å²) < 4.78 is 11.2. The van der Waals surface area contributed by atoms with Crippen molar-refractivity contribution in [3.63, 3.8) is 0 Å². The Kier molecular flexibility index (Phi) is 8.44. The van der Waals surface area contributed by atoms with Crippen LogP contribution >= 0.6 is 12.4 Å². The highest BCUT2D eigenvalue weighted by molar-refractivity contribution is 5.85. The molecule has 1 saturated carbocycles. The van der Waals surface area contributed by atoms with Crippen molar-refractivity contribution in [1.29, 1.82) is 0 Å². The van der Waals surface area contributed by atoms with Crippen molar-refractivity contribution in [3.8, 4) is 0 Å². The summed E-state index contributed by atoms with van der Waals surface area (Å²) in [5.41, 5.74) is 0.211. The lowest BCUT2D eigenvalue weighted by Gasteiger charge is -2.44. The average Bonchev–Trinajstić information content (AvgIpc) is 3.09. The maximum atomic E-state index is 5.69. The summed E-state index contributed by atoms with van der Waals surface area (Å²) in [7, 11) is 1.84. The second-order valence-corrected chi connectivity index (χ2v) is 8.45. The van der Waals surface area contributed by atoms with Crippen molar-refractivity contribution in [1.82, 2.24) is 15.5 Å². The van der Waals surface area contributed by atoms with Gasteiger partial charge in [-0.3, -0.25) is 4.90 Å². The lowest BCUT2D eigenvalue weighted by Crippen LogP contribution is -2.57. The summed E-state index contributed by atoms with van der Waals surface area (Å²) in [4.78, 5) is 2.64. The van der Waals surface area contributed by atoms with E-state index in [-0.39, 0.29) is 17.9 Å². The van der Waals surface area contributed by atoms with Crippen LogP contribution in [0, 0.1) is 5.92 Å². The number of hydrogen-bond donors (Lipinski definition) is 2. The second kappa shape index (κ2) is 9.86. The van der Waals surface area contributed by atoms with E-state index in [1.54, 1.807) is 0 Å². The van der Waals surface area contributed by atoms with Crippen LogP contribution in [0.3, 0.4) is 0 Å². The Bertz CT molecular complexity index is 383. The van der Waals surface area contributed by atoms with Gasteiger partial charge in [0, 0.05) is 50.9 Å². The quantitative estimate of drug-likeness (QED) is 0.744. The van der Waals surface area contributed by atoms with E-state index in [9.17, 15) is 0 Å². The van der Waals surface area contributed by atoms with Crippen molar-refractivity contribution in [2.75, 3.05) is 46.5 Å². The van der Waals surface area contributed by atoms with Crippen LogP contribution in [0.2, 0.25) is 0 Å². The molecule has 0 amide bonds. The topological polar surface area (TPSA) is 45.8 Å². The van der Waals surface area contributed by atoms with Gasteiger partial charge in [0.1, 0.15) is 0 Å². The third kappa shape index (κ3) is 5.53. The monoisotopic (exact) mass is 375 g/mol. The molecule has 0 bridgehead atoms. The Labute approximate surface area is 160 Å². The van der Waals surface area contributed by atoms with E-state index >= 15 is 0 Å². The van der Waals surface area contributed by atoms with Crippen LogP contribution < -0.4 is 10.6 Å². The first-order chi connectivity index (χ1) is 11.6. The molecule has 1 aliphatic carbocycles. The lowest BCUT2D eigenvalue weighted by atomic mass is 9.92. The van der Waals surface area contributed by atoms with Crippen molar-refractivity contribution >= 4 is 12.4 Å². The van der Waals surface area contributed by atoms with Gasteiger partial charge in [-0.2, -0.15) is 0 Å². The Balaban J connectivity index is 0.00000225. The van der Waals surface area contributed by atoms with Crippen LogP contribution in [0.4, 0.5) is 0 Å². The molecule has 3 rings (SSSR count). The summed E-state index contributed by atoms with van der Waals surface area (Å²) in [5.74, 6) is 0.723. The summed E-state index contributed by atoms with van der Waals surface area (Å²) >= 11 is 0. The van der Waals surface area contributed by atoms with Gasteiger partial charge >= 0.3 is 0 Å². The molecule has 3 atom stereocenters. The first kappa shape index (κ1) is 21.4. The molecule has 2 aliphatic heterocycles. The number of rotatable bonds is 6.